The van der Waals surface area contributed by atoms with Gasteiger partial charge in [-0.3, -0.25) is 9.69 Å². The summed E-state index contributed by atoms with van der Waals surface area (Å²) in [6.07, 6.45) is 0. The van der Waals surface area contributed by atoms with Crippen molar-refractivity contribution in [3.05, 3.63) is 35.4 Å². The molecule has 6 nitrogen and oxygen atoms in total. The lowest BCUT2D eigenvalue weighted by atomic mass is 10.1. The standard InChI is InChI=1S/C16H22N4O2/c1-12-4-2-3-5-13(12)11-19-6-8-20(9-7-19)15(21)14-10-17-16(22)18-14/h2-5,14H,6-11H2,1H3,(H2,17,18,22)/t14-/m1/s1. The minimum absolute atomic E-state index is 0.0221. The van der Waals surface area contributed by atoms with Gasteiger partial charge in [0.15, 0.2) is 0 Å². The third-order valence-corrected chi connectivity index (χ3v) is 4.41. The zero-order chi connectivity index (χ0) is 15.5. The summed E-state index contributed by atoms with van der Waals surface area (Å²) in [6, 6.07) is 7.75. The van der Waals surface area contributed by atoms with E-state index in [4.69, 9.17) is 0 Å². The Morgan fingerprint density at radius 3 is 2.59 bits per heavy atom. The van der Waals surface area contributed by atoms with E-state index in [1.165, 1.54) is 11.1 Å². The Balaban J connectivity index is 1.51. The maximum Gasteiger partial charge on any atom is 0.315 e. The minimum Gasteiger partial charge on any atom is -0.338 e. The first-order chi connectivity index (χ1) is 10.6. The molecule has 118 valence electrons. The molecule has 0 aromatic heterocycles. The van der Waals surface area contributed by atoms with Crippen LogP contribution >= 0.6 is 0 Å². The second kappa shape index (κ2) is 6.36. The fourth-order valence-corrected chi connectivity index (χ4v) is 2.98. The van der Waals surface area contributed by atoms with E-state index in [1.807, 2.05) is 4.90 Å². The smallest absolute Gasteiger partial charge is 0.315 e. The first-order valence-electron chi connectivity index (χ1n) is 7.73. The van der Waals surface area contributed by atoms with Crippen LogP contribution in [-0.4, -0.2) is 60.5 Å². The van der Waals surface area contributed by atoms with Crippen molar-refractivity contribution >= 4 is 11.9 Å². The van der Waals surface area contributed by atoms with Crippen LogP contribution in [0.1, 0.15) is 11.1 Å². The normalized spacial score (nSPS) is 22.3. The molecule has 2 N–H and O–H groups in total. The number of piperazine rings is 1. The fraction of sp³-hybridized carbons (Fsp3) is 0.500. The molecule has 2 fully saturated rings. The molecule has 22 heavy (non-hydrogen) atoms. The van der Waals surface area contributed by atoms with Gasteiger partial charge in [-0.2, -0.15) is 0 Å². The molecule has 3 rings (SSSR count). The number of nitrogens with one attached hydrogen (secondary N) is 2. The zero-order valence-corrected chi connectivity index (χ0v) is 12.8. The molecule has 2 heterocycles. The Hall–Kier alpha value is -2.08. The average Bonchev–Trinajstić information content (AvgIpc) is 2.96. The molecule has 0 saturated carbocycles. The number of rotatable bonds is 3. The molecule has 6 heteroatoms. The second-order valence-electron chi connectivity index (χ2n) is 5.93. The van der Waals surface area contributed by atoms with Crippen molar-refractivity contribution in [3.8, 4) is 0 Å². The number of carbonyl (C=O) groups excluding carboxylic acids is 2. The SMILES string of the molecule is Cc1ccccc1CN1CCN(C(=O)[C@H]2CNC(=O)N2)CC1. The molecule has 0 spiro atoms. The number of urea groups is 1. The summed E-state index contributed by atoms with van der Waals surface area (Å²) in [5.74, 6) is 0.0221. The van der Waals surface area contributed by atoms with Gasteiger partial charge in [-0.15, -0.1) is 0 Å². The maximum absolute atomic E-state index is 12.3. The van der Waals surface area contributed by atoms with Crippen molar-refractivity contribution < 1.29 is 9.59 Å². The molecule has 2 saturated heterocycles. The third kappa shape index (κ3) is 3.22. The van der Waals surface area contributed by atoms with Gasteiger partial charge >= 0.3 is 6.03 Å². The van der Waals surface area contributed by atoms with E-state index in [1.54, 1.807) is 0 Å². The maximum atomic E-state index is 12.3. The molecule has 3 amide bonds. The third-order valence-electron chi connectivity index (χ3n) is 4.41. The summed E-state index contributed by atoms with van der Waals surface area (Å²) in [6.45, 7) is 6.62. The topological polar surface area (TPSA) is 64.7 Å². The highest BCUT2D eigenvalue weighted by molar-refractivity contribution is 5.90. The van der Waals surface area contributed by atoms with E-state index < -0.39 is 6.04 Å². The van der Waals surface area contributed by atoms with Crippen LogP contribution in [0.4, 0.5) is 4.79 Å². The van der Waals surface area contributed by atoms with Crippen molar-refractivity contribution in [2.75, 3.05) is 32.7 Å². The van der Waals surface area contributed by atoms with Gasteiger partial charge in [0, 0.05) is 39.3 Å². The Kier molecular flexibility index (Phi) is 4.29. The van der Waals surface area contributed by atoms with E-state index in [9.17, 15) is 9.59 Å². The van der Waals surface area contributed by atoms with E-state index in [0.29, 0.717) is 6.54 Å². The first kappa shape index (κ1) is 14.8. The Morgan fingerprint density at radius 2 is 1.95 bits per heavy atom. The number of aryl methyl sites for hydroxylation is 1. The van der Waals surface area contributed by atoms with Crippen LogP contribution in [0.25, 0.3) is 0 Å². The van der Waals surface area contributed by atoms with Crippen molar-refractivity contribution in [2.24, 2.45) is 0 Å². The molecule has 0 radical (unpaired) electrons. The molecule has 2 aliphatic rings. The van der Waals surface area contributed by atoms with Gasteiger partial charge in [0.05, 0.1) is 0 Å². The Bertz CT molecular complexity index is 567. The second-order valence-corrected chi connectivity index (χ2v) is 5.93. The number of hydrogen-bond acceptors (Lipinski definition) is 3. The molecule has 1 aromatic rings. The zero-order valence-electron chi connectivity index (χ0n) is 12.8. The number of carbonyl (C=O) groups is 2. The highest BCUT2D eigenvalue weighted by Crippen LogP contribution is 2.13. The first-order valence-corrected chi connectivity index (χ1v) is 7.73. The van der Waals surface area contributed by atoms with Crippen LogP contribution in [0.5, 0.6) is 0 Å². The molecule has 0 bridgehead atoms. The van der Waals surface area contributed by atoms with E-state index in [0.717, 1.165) is 32.7 Å². The van der Waals surface area contributed by atoms with E-state index in [2.05, 4.69) is 46.7 Å². The molecule has 0 aliphatic carbocycles. The predicted octanol–water partition coefficient (Wildman–Crippen LogP) is 0.321. The van der Waals surface area contributed by atoms with Crippen molar-refractivity contribution in [3.63, 3.8) is 0 Å². The van der Waals surface area contributed by atoms with Gasteiger partial charge in [-0.25, -0.2) is 4.79 Å². The molecular weight excluding hydrogens is 280 g/mol. The summed E-state index contributed by atoms with van der Waals surface area (Å²) in [4.78, 5) is 27.7. The summed E-state index contributed by atoms with van der Waals surface area (Å²) in [7, 11) is 0. The molecule has 1 atom stereocenters. The minimum atomic E-state index is -0.407. The largest absolute Gasteiger partial charge is 0.338 e. The quantitative estimate of drug-likeness (QED) is 0.845. The van der Waals surface area contributed by atoms with Crippen molar-refractivity contribution in [1.82, 2.24) is 20.4 Å². The lowest BCUT2D eigenvalue weighted by molar-refractivity contribution is -0.134. The molecule has 2 aliphatic heterocycles. The molecule has 0 unspecified atom stereocenters. The van der Waals surface area contributed by atoms with Crippen LogP contribution in [-0.2, 0) is 11.3 Å². The fourth-order valence-electron chi connectivity index (χ4n) is 2.98. The number of amides is 3. The number of nitrogens with zero attached hydrogens (tertiary/aromatic N) is 2. The van der Waals surface area contributed by atoms with Crippen LogP contribution in [0, 0.1) is 6.92 Å². The number of benzene rings is 1. The summed E-state index contributed by atoms with van der Waals surface area (Å²) in [5, 5.41) is 5.28. The van der Waals surface area contributed by atoms with Crippen LogP contribution in [0.2, 0.25) is 0 Å². The van der Waals surface area contributed by atoms with Gasteiger partial charge in [-0.1, -0.05) is 24.3 Å². The summed E-state index contributed by atoms with van der Waals surface area (Å²) >= 11 is 0. The summed E-state index contributed by atoms with van der Waals surface area (Å²) in [5.41, 5.74) is 2.65. The summed E-state index contributed by atoms with van der Waals surface area (Å²) < 4.78 is 0. The monoisotopic (exact) mass is 302 g/mol. The average molecular weight is 302 g/mol. The highest BCUT2D eigenvalue weighted by atomic mass is 16.2. The van der Waals surface area contributed by atoms with Crippen LogP contribution in [0.3, 0.4) is 0 Å². The van der Waals surface area contributed by atoms with Gasteiger partial charge in [0.1, 0.15) is 6.04 Å². The molecular formula is C16H22N4O2. The van der Waals surface area contributed by atoms with Gasteiger partial charge < -0.3 is 15.5 Å². The van der Waals surface area contributed by atoms with Crippen LogP contribution in [0.15, 0.2) is 24.3 Å². The highest BCUT2D eigenvalue weighted by Gasteiger charge is 2.32. The van der Waals surface area contributed by atoms with E-state index >= 15 is 0 Å². The number of hydrogen-bond donors (Lipinski definition) is 2. The Labute approximate surface area is 130 Å². The van der Waals surface area contributed by atoms with Gasteiger partial charge in [0.25, 0.3) is 0 Å². The van der Waals surface area contributed by atoms with Crippen molar-refractivity contribution in [2.45, 2.75) is 19.5 Å². The lowest BCUT2D eigenvalue weighted by Gasteiger charge is -2.36. The lowest BCUT2D eigenvalue weighted by Crippen LogP contribution is -2.53. The predicted molar refractivity (Wildman–Crippen MR) is 83.4 cm³/mol. The molecule has 1 aromatic carbocycles. The van der Waals surface area contributed by atoms with E-state index in [-0.39, 0.29) is 11.9 Å². The Morgan fingerprint density at radius 1 is 1.23 bits per heavy atom. The van der Waals surface area contributed by atoms with Crippen LogP contribution < -0.4 is 10.6 Å². The van der Waals surface area contributed by atoms with Gasteiger partial charge in [0.2, 0.25) is 5.91 Å². The van der Waals surface area contributed by atoms with Crippen molar-refractivity contribution in [1.29, 1.82) is 0 Å². The van der Waals surface area contributed by atoms with Gasteiger partial charge in [-0.05, 0) is 18.1 Å².